The van der Waals surface area contributed by atoms with Crippen LogP contribution >= 0.6 is 11.3 Å². The van der Waals surface area contributed by atoms with Crippen molar-refractivity contribution >= 4 is 29.1 Å². The van der Waals surface area contributed by atoms with Crippen LogP contribution in [0.4, 0.5) is 0 Å². The number of thiophene rings is 1. The van der Waals surface area contributed by atoms with Crippen LogP contribution in [0.25, 0.3) is 0 Å². The maximum Gasteiger partial charge on any atom is 0.261 e. The molecule has 7 heteroatoms. The van der Waals surface area contributed by atoms with Gasteiger partial charge in [-0.1, -0.05) is 18.2 Å². The van der Waals surface area contributed by atoms with Gasteiger partial charge in [0.25, 0.3) is 11.8 Å². The topological polar surface area (TPSA) is 69.7 Å². The van der Waals surface area contributed by atoms with Crippen LogP contribution in [0.5, 0.6) is 0 Å². The first-order valence-corrected chi connectivity index (χ1v) is 10.3. The molecule has 1 aliphatic rings. The number of nitrogens with one attached hydrogen (secondary N) is 1. The normalized spacial score (nSPS) is 14.6. The predicted molar refractivity (Wildman–Crippen MR) is 109 cm³/mol. The molecule has 2 aromatic rings. The average molecular weight is 400 g/mol. The van der Waals surface area contributed by atoms with Gasteiger partial charge in [-0.15, -0.1) is 11.3 Å². The second-order valence-corrected chi connectivity index (χ2v) is 7.96. The molecule has 6 nitrogen and oxygen atoms in total. The first-order chi connectivity index (χ1) is 13.5. The van der Waals surface area contributed by atoms with Gasteiger partial charge in [0.15, 0.2) is 0 Å². The lowest BCUT2D eigenvalue weighted by molar-refractivity contribution is -0.130. The summed E-state index contributed by atoms with van der Waals surface area (Å²) in [5.41, 5.74) is 1.59. The number of carbonyl (C=O) groups excluding carboxylic acids is 3. The zero-order chi connectivity index (χ0) is 20.1. The zero-order valence-corrected chi connectivity index (χ0v) is 17.0. The molecule has 3 amide bonds. The van der Waals surface area contributed by atoms with Gasteiger partial charge >= 0.3 is 0 Å². The molecule has 1 aromatic carbocycles. The van der Waals surface area contributed by atoms with Crippen molar-refractivity contribution in [3.63, 3.8) is 0 Å². The summed E-state index contributed by atoms with van der Waals surface area (Å²) in [6, 6.07) is 11.2. The molecular weight excluding hydrogens is 374 g/mol. The van der Waals surface area contributed by atoms with Crippen LogP contribution in [0.2, 0.25) is 0 Å². The van der Waals surface area contributed by atoms with E-state index in [1.807, 2.05) is 47.7 Å². The van der Waals surface area contributed by atoms with Gasteiger partial charge in [-0.2, -0.15) is 0 Å². The maximum atomic E-state index is 12.7. The molecule has 0 saturated carbocycles. The smallest absolute Gasteiger partial charge is 0.261 e. The van der Waals surface area contributed by atoms with E-state index in [-0.39, 0.29) is 23.8 Å². The highest BCUT2D eigenvalue weighted by Gasteiger charge is 2.26. The van der Waals surface area contributed by atoms with Crippen LogP contribution < -0.4 is 5.32 Å². The van der Waals surface area contributed by atoms with Gasteiger partial charge in [-0.25, -0.2) is 0 Å². The van der Waals surface area contributed by atoms with Crippen LogP contribution in [0.1, 0.15) is 45.4 Å². The van der Waals surface area contributed by atoms with E-state index >= 15 is 0 Å². The molecule has 0 radical (unpaired) electrons. The molecule has 0 atom stereocenters. The van der Waals surface area contributed by atoms with Gasteiger partial charge in [0.1, 0.15) is 0 Å². The third-order valence-electron chi connectivity index (χ3n) is 5.20. The van der Waals surface area contributed by atoms with Crippen LogP contribution in [0.3, 0.4) is 0 Å². The summed E-state index contributed by atoms with van der Waals surface area (Å²) in [5.74, 6) is -0.0156. The number of amides is 3. The molecule has 1 N–H and O–H groups in total. The van der Waals surface area contributed by atoms with Gasteiger partial charge in [0, 0.05) is 45.2 Å². The average Bonchev–Trinajstić information content (AvgIpc) is 3.26. The number of benzene rings is 1. The van der Waals surface area contributed by atoms with E-state index in [1.54, 1.807) is 17.9 Å². The van der Waals surface area contributed by atoms with Crippen molar-refractivity contribution in [3.8, 4) is 0 Å². The van der Waals surface area contributed by atoms with Crippen LogP contribution in [0.15, 0.2) is 41.8 Å². The first-order valence-electron chi connectivity index (χ1n) is 9.39. The monoisotopic (exact) mass is 399 g/mol. The molecule has 1 fully saturated rings. The zero-order valence-electron chi connectivity index (χ0n) is 16.2. The first kappa shape index (κ1) is 20.1. The molecule has 0 bridgehead atoms. The lowest BCUT2D eigenvalue weighted by atomic mass is 10.0. The Morgan fingerprint density at radius 1 is 1.14 bits per heavy atom. The molecular formula is C21H25N3O3S. The number of hydrogen-bond donors (Lipinski definition) is 1. The Morgan fingerprint density at radius 2 is 1.82 bits per heavy atom. The molecule has 1 aliphatic heterocycles. The number of hydrogen-bond acceptors (Lipinski definition) is 4. The largest absolute Gasteiger partial charge is 0.347 e. The van der Waals surface area contributed by atoms with E-state index in [4.69, 9.17) is 0 Å². The molecule has 0 unspecified atom stereocenters. The third-order valence-corrected chi connectivity index (χ3v) is 6.06. The van der Waals surface area contributed by atoms with E-state index in [0.29, 0.717) is 30.1 Å². The summed E-state index contributed by atoms with van der Waals surface area (Å²) in [5, 5.41) is 4.75. The number of nitrogens with zero attached hydrogens (tertiary/aromatic N) is 2. The number of likely N-dealkylation sites (tertiary alicyclic amines) is 1. The second-order valence-electron chi connectivity index (χ2n) is 7.01. The molecule has 0 aliphatic carbocycles. The Labute approximate surface area is 169 Å². The summed E-state index contributed by atoms with van der Waals surface area (Å²) in [4.78, 5) is 40.5. The molecule has 1 aromatic heterocycles. The van der Waals surface area contributed by atoms with Crippen molar-refractivity contribution in [2.45, 2.75) is 32.4 Å². The van der Waals surface area contributed by atoms with Gasteiger partial charge in [-0.05, 0) is 42.0 Å². The Morgan fingerprint density at radius 3 is 2.39 bits per heavy atom. The number of rotatable bonds is 5. The van der Waals surface area contributed by atoms with E-state index in [2.05, 4.69) is 5.32 Å². The van der Waals surface area contributed by atoms with Gasteiger partial charge in [0.05, 0.1) is 4.88 Å². The van der Waals surface area contributed by atoms with E-state index in [1.165, 1.54) is 11.3 Å². The summed E-state index contributed by atoms with van der Waals surface area (Å²) in [7, 11) is 1.82. The standard InChI is InChI=1S/C21H25N3O3S/c1-15(25)23(2)18-9-11-24(12-10-18)21(27)17-7-5-16(6-8-17)14-22-20(26)19-4-3-13-28-19/h3-8,13,18H,9-12,14H2,1-2H3,(H,22,26). The number of piperidine rings is 1. The van der Waals surface area contributed by atoms with Crippen molar-refractivity contribution in [1.29, 1.82) is 0 Å². The van der Waals surface area contributed by atoms with Crippen molar-refractivity contribution < 1.29 is 14.4 Å². The highest BCUT2D eigenvalue weighted by atomic mass is 32.1. The fourth-order valence-corrected chi connectivity index (χ4v) is 3.98. The van der Waals surface area contributed by atoms with Crippen LogP contribution in [-0.2, 0) is 11.3 Å². The van der Waals surface area contributed by atoms with Crippen molar-refractivity contribution in [1.82, 2.24) is 15.1 Å². The maximum absolute atomic E-state index is 12.7. The molecule has 148 valence electrons. The van der Waals surface area contributed by atoms with E-state index in [9.17, 15) is 14.4 Å². The van der Waals surface area contributed by atoms with Crippen molar-refractivity contribution in [2.75, 3.05) is 20.1 Å². The Kier molecular flexibility index (Phi) is 6.46. The minimum absolute atomic E-state index is 0.0121. The van der Waals surface area contributed by atoms with Gasteiger partial charge in [0.2, 0.25) is 5.91 Å². The van der Waals surface area contributed by atoms with E-state index < -0.39 is 0 Å². The molecule has 1 saturated heterocycles. The molecule has 28 heavy (non-hydrogen) atoms. The lowest BCUT2D eigenvalue weighted by Crippen LogP contribution is -2.46. The summed E-state index contributed by atoms with van der Waals surface area (Å²) < 4.78 is 0. The fourth-order valence-electron chi connectivity index (χ4n) is 3.34. The van der Waals surface area contributed by atoms with Gasteiger partial charge in [-0.3, -0.25) is 14.4 Å². The summed E-state index contributed by atoms with van der Waals surface area (Å²) in [6.45, 7) is 3.30. The SMILES string of the molecule is CC(=O)N(C)C1CCN(C(=O)c2ccc(CNC(=O)c3cccs3)cc2)CC1. The van der Waals surface area contributed by atoms with Crippen LogP contribution in [0, 0.1) is 0 Å². The highest BCUT2D eigenvalue weighted by molar-refractivity contribution is 7.12. The highest BCUT2D eigenvalue weighted by Crippen LogP contribution is 2.18. The Bertz CT molecular complexity index is 825. The number of carbonyl (C=O) groups is 3. The Balaban J connectivity index is 1.51. The van der Waals surface area contributed by atoms with E-state index in [0.717, 1.165) is 18.4 Å². The molecule has 0 spiro atoms. The van der Waals surface area contributed by atoms with Crippen molar-refractivity contribution in [2.24, 2.45) is 0 Å². The minimum atomic E-state index is -0.0893. The summed E-state index contributed by atoms with van der Waals surface area (Å²) >= 11 is 1.41. The molecule has 3 rings (SSSR count). The summed E-state index contributed by atoms with van der Waals surface area (Å²) in [6.07, 6.45) is 1.60. The molecule has 2 heterocycles. The quantitative estimate of drug-likeness (QED) is 0.841. The third kappa shape index (κ3) is 4.78. The lowest BCUT2D eigenvalue weighted by Gasteiger charge is -2.36. The van der Waals surface area contributed by atoms with Crippen molar-refractivity contribution in [3.05, 3.63) is 57.8 Å². The van der Waals surface area contributed by atoms with Crippen LogP contribution in [-0.4, -0.2) is 53.7 Å². The Hall–Kier alpha value is -2.67. The minimum Gasteiger partial charge on any atom is -0.347 e. The van der Waals surface area contributed by atoms with Gasteiger partial charge < -0.3 is 15.1 Å². The predicted octanol–water partition coefficient (Wildman–Crippen LogP) is 2.76. The fraction of sp³-hybridized carbons (Fsp3) is 0.381. The second kappa shape index (κ2) is 9.01.